The van der Waals surface area contributed by atoms with Crippen LogP contribution in [0.3, 0.4) is 0 Å². The monoisotopic (exact) mass is 643 g/mol. The van der Waals surface area contributed by atoms with Crippen molar-refractivity contribution in [2.45, 2.75) is 45.4 Å². The van der Waals surface area contributed by atoms with E-state index < -0.39 is 0 Å². The average molecular weight is 644 g/mol. The molecule has 50 heavy (non-hydrogen) atoms. The van der Waals surface area contributed by atoms with Crippen molar-refractivity contribution in [3.8, 4) is 45.9 Å². The maximum absolute atomic E-state index is 4.26. The molecule has 1 N–H and O–H groups in total. The van der Waals surface area contributed by atoms with E-state index in [1.165, 1.54) is 50.1 Å². The quantitative estimate of drug-likeness (QED) is 0.148. The lowest BCUT2D eigenvalue weighted by atomic mass is 9.81. The van der Waals surface area contributed by atoms with Crippen LogP contribution >= 0.6 is 0 Å². The topological polar surface area (TPSA) is 12.0 Å². The van der Waals surface area contributed by atoms with Gasteiger partial charge in [0.05, 0.1) is 0 Å². The summed E-state index contributed by atoms with van der Waals surface area (Å²) in [6.45, 7) is 23.4. The van der Waals surface area contributed by atoms with Crippen molar-refractivity contribution in [1.82, 2.24) is 5.32 Å². The fourth-order valence-corrected chi connectivity index (χ4v) is 7.35. The van der Waals surface area contributed by atoms with Gasteiger partial charge in [0.1, 0.15) is 0 Å². The van der Waals surface area contributed by atoms with Gasteiger partial charge in [-0.15, -0.1) is 0 Å². The Balaban J connectivity index is 1.07. The largest absolute Gasteiger partial charge is 0.356 e. The van der Waals surface area contributed by atoms with E-state index in [4.69, 9.17) is 0 Å². The molecule has 0 saturated heterocycles. The number of aryl methyl sites for hydroxylation is 1. The number of rotatable bonds is 5. The van der Waals surface area contributed by atoms with Crippen molar-refractivity contribution in [3.05, 3.63) is 196 Å². The predicted molar refractivity (Wildman–Crippen MR) is 212 cm³/mol. The van der Waals surface area contributed by atoms with Crippen LogP contribution in [0.2, 0.25) is 0 Å². The van der Waals surface area contributed by atoms with Gasteiger partial charge in [0.25, 0.3) is 0 Å². The van der Waals surface area contributed by atoms with Crippen molar-refractivity contribution >= 4 is 5.70 Å². The van der Waals surface area contributed by atoms with E-state index in [-0.39, 0.29) is 10.8 Å². The van der Waals surface area contributed by atoms with Crippen LogP contribution in [0.25, 0.3) is 28.0 Å². The summed E-state index contributed by atoms with van der Waals surface area (Å²) < 4.78 is 0. The van der Waals surface area contributed by atoms with Gasteiger partial charge in [-0.25, -0.2) is 0 Å². The van der Waals surface area contributed by atoms with E-state index in [0.717, 1.165) is 39.2 Å². The fraction of sp³-hybridized carbons (Fsp3) is 0.143. The highest BCUT2D eigenvalue weighted by Gasteiger charge is 2.36. The minimum absolute atomic E-state index is 0.0382. The zero-order chi connectivity index (χ0) is 35.2. The summed E-state index contributed by atoms with van der Waals surface area (Å²) >= 11 is 0. The maximum Gasteiger partial charge on any atom is 0.0384 e. The third-order valence-corrected chi connectivity index (χ3v) is 10.2. The Hall–Kier alpha value is -6.02. The molecule has 0 amide bonds. The summed E-state index contributed by atoms with van der Waals surface area (Å²) in [5, 5.41) is 3.30. The Morgan fingerprint density at radius 2 is 0.980 bits per heavy atom. The zero-order valence-corrected chi connectivity index (χ0v) is 29.6. The van der Waals surface area contributed by atoms with E-state index in [1.807, 2.05) is 12.2 Å². The van der Waals surface area contributed by atoms with Gasteiger partial charge >= 0.3 is 0 Å². The molecule has 0 saturated carbocycles. The Labute approximate surface area is 297 Å². The maximum atomic E-state index is 4.26. The van der Waals surface area contributed by atoms with Gasteiger partial charge in [-0.2, -0.15) is 0 Å². The third kappa shape index (κ3) is 5.83. The first-order valence-electron chi connectivity index (χ1n) is 17.1. The van der Waals surface area contributed by atoms with Gasteiger partial charge in [-0.1, -0.05) is 131 Å². The average Bonchev–Trinajstić information content (AvgIpc) is 3.47. The van der Waals surface area contributed by atoms with Crippen molar-refractivity contribution in [3.63, 3.8) is 0 Å². The molecule has 0 spiro atoms. The first-order chi connectivity index (χ1) is 23.9. The molecular formula is C49H41N. The first-order valence-corrected chi connectivity index (χ1v) is 17.1. The van der Waals surface area contributed by atoms with Gasteiger partial charge in [0.15, 0.2) is 0 Å². The second-order valence-electron chi connectivity index (χ2n) is 14.4. The first kappa shape index (κ1) is 32.5. The molecular weight excluding hydrogens is 603 g/mol. The van der Waals surface area contributed by atoms with E-state index in [1.54, 1.807) is 6.08 Å². The molecule has 0 atom stereocenters. The Kier molecular flexibility index (Phi) is 8.10. The SMILES string of the molecule is C=C/C=C\C(=C)NC(=C)c1ccc2c(c1)C(C)(C)c1cc(C#Cc3ccc(C#Cc4ccc5c(c4)C(C)(C)c4cc(C)ccc4-5)cc3)ccc1-2. The molecule has 0 bridgehead atoms. The highest BCUT2D eigenvalue weighted by Crippen LogP contribution is 2.50. The molecule has 0 aromatic heterocycles. The Morgan fingerprint density at radius 1 is 0.560 bits per heavy atom. The number of allylic oxidation sites excluding steroid dienone is 3. The molecule has 1 heteroatoms. The van der Waals surface area contributed by atoms with Crippen molar-refractivity contribution in [2.75, 3.05) is 0 Å². The number of fused-ring (bicyclic) bond motifs is 6. The standard InChI is InChI=1S/C49H41N/c1-9-10-11-33(3)50-34(4)39-23-27-43-42-26-22-38(30-46(42)49(7,8)47(43)31-39)20-18-36-15-13-35(14-16-36)17-19-37-21-25-41-40-24-12-32(2)28-44(40)48(5,6)45(41)29-37/h9-16,21-31,50H,1,3-4H2,2,5-8H3/b11-10-. The number of nitrogens with one attached hydrogen (secondary N) is 1. The fourth-order valence-electron chi connectivity index (χ4n) is 7.35. The summed E-state index contributed by atoms with van der Waals surface area (Å²) in [5.41, 5.74) is 18.2. The van der Waals surface area contributed by atoms with Crippen LogP contribution in [0.5, 0.6) is 0 Å². The van der Waals surface area contributed by atoms with E-state index in [2.05, 4.69) is 180 Å². The number of benzene rings is 5. The molecule has 5 aromatic rings. The molecule has 0 aliphatic heterocycles. The Morgan fingerprint density at radius 3 is 1.50 bits per heavy atom. The van der Waals surface area contributed by atoms with Crippen LogP contribution in [0.15, 0.2) is 141 Å². The highest BCUT2D eigenvalue weighted by atomic mass is 14.9. The minimum atomic E-state index is -0.170. The summed E-state index contributed by atoms with van der Waals surface area (Å²) in [6, 6.07) is 34.8. The van der Waals surface area contributed by atoms with Gasteiger partial charge in [0.2, 0.25) is 0 Å². The molecule has 7 rings (SSSR count). The summed E-state index contributed by atoms with van der Waals surface area (Å²) in [4.78, 5) is 0. The number of hydrogen-bond acceptors (Lipinski definition) is 1. The van der Waals surface area contributed by atoms with E-state index in [9.17, 15) is 0 Å². The van der Waals surface area contributed by atoms with Gasteiger partial charge < -0.3 is 5.32 Å². The number of hydrogen-bond donors (Lipinski definition) is 1. The van der Waals surface area contributed by atoms with Gasteiger partial charge in [-0.3, -0.25) is 0 Å². The van der Waals surface area contributed by atoms with Crippen molar-refractivity contribution in [1.29, 1.82) is 0 Å². The smallest absolute Gasteiger partial charge is 0.0384 e. The molecule has 242 valence electrons. The lowest BCUT2D eigenvalue weighted by Crippen LogP contribution is -2.16. The zero-order valence-electron chi connectivity index (χ0n) is 29.6. The third-order valence-electron chi connectivity index (χ3n) is 10.2. The van der Waals surface area contributed by atoms with Crippen LogP contribution in [0.1, 0.15) is 83.3 Å². The van der Waals surface area contributed by atoms with Gasteiger partial charge in [0, 0.05) is 44.5 Å². The molecule has 0 fully saturated rings. The van der Waals surface area contributed by atoms with Crippen molar-refractivity contribution < 1.29 is 0 Å². The van der Waals surface area contributed by atoms with Crippen molar-refractivity contribution in [2.24, 2.45) is 0 Å². The molecule has 0 unspecified atom stereocenters. The summed E-state index contributed by atoms with van der Waals surface area (Å²) in [6.07, 6.45) is 5.46. The van der Waals surface area contributed by atoms with Crippen LogP contribution in [-0.2, 0) is 10.8 Å². The lowest BCUT2D eigenvalue weighted by Gasteiger charge is -2.22. The van der Waals surface area contributed by atoms with E-state index >= 15 is 0 Å². The molecule has 2 aliphatic carbocycles. The molecule has 0 radical (unpaired) electrons. The molecule has 5 aromatic carbocycles. The molecule has 2 aliphatic rings. The second-order valence-corrected chi connectivity index (χ2v) is 14.4. The predicted octanol–water partition coefficient (Wildman–Crippen LogP) is 11.2. The molecule has 0 heterocycles. The molecule has 1 nitrogen and oxygen atoms in total. The minimum Gasteiger partial charge on any atom is -0.356 e. The van der Waals surface area contributed by atoms with Gasteiger partial charge in [-0.05, 0) is 118 Å². The van der Waals surface area contributed by atoms with E-state index in [0.29, 0.717) is 0 Å². The Bertz CT molecular complexity index is 2400. The van der Waals surface area contributed by atoms with Crippen LogP contribution in [-0.4, -0.2) is 0 Å². The summed E-state index contributed by atoms with van der Waals surface area (Å²) in [5.74, 6) is 13.6. The normalized spacial score (nSPS) is 13.9. The summed E-state index contributed by atoms with van der Waals surface area (Å²) in [7, 11) is 0. The highest BCUT2D eigenvalue weighted by molar-refractivity contribution is 5.84. The van der Waals surface area contributed by atoms with Crippen LogP contribution < -0.4 is 5.32 Å². The van der Waals surface area contributed by atoms with Crippen LogP contribution in [0.4, 0.5) is 0 Å². The van der Waals surface area contributed by atoms with Crippen LogP contribution in [0, 0.1) is 30.6 Å². The second kappa shape index (κ2) is 12.5. The lowest BCUT2D eigenvalue weighted by molar-refractivity contribution is 0.659.